The average molecular weight is 225 g/mol. The molecule has 0 fully saturated rings. The number of nitrogens with one attached hydrogen (secondary N) is 1. The van der Waals surface area contributed by atoms with Crippen LogP contribution in [0.2, 0.25) is 0 Å². The van der Waals surface area contributed by atoms with Crippen LogP contribution in [0, 0.1) is 6.92 Å². The van der Waals surface area contributed by atoms with Gasteiger partial charge in [-0.15, -0.1) is 0 Å². The highest BCUT2D eigenvalue weighted by atomic mass is 14.8. The first kappa shape index (κ1) is 11.9. The zero-order valence-corrected chi connectivity index (χ0v) is 10.5. The van der Waals surface area contributed by atoms with E-state index in [4.69, 9.17) is 0 Å². The molecule has 17 heavy (non-hydrogen) atoms. The topological polar surface area (TPSA) is 12.0 Å². The van der Waals surface area contributed by atoms with Crippen LogP contribution in [0.3, 0.4) is 0 Å². The maximum absolute atomic E-state index is 3.18. The number of likely N-dealkylation sites (N-methyl/N-ethyl adjacent to an activating group) is 1. The molecular formula is C16H19N. The van der Waals surface area contributed by atoms with Gasteiger partial charge in [0.1, 0.15) is 0 Å². The molecule has 1 nitrogen and oxygen atoms in total. The van der Waals surface area contributed by atoms with Crippen LogP contribution >= 0.6 is 0 Å². The summed E-state index contributed by atoms with van der Waals surface area (Å²) in [6.45, 7) is 3.16. The highest BCUT2D eigenvalue weighted by Gasteiger charge is 1.99. The van der Waals surface area contributed by atoms with Gasteiger partial charge in [0.25, 0.3) is 0 Å². The Balaban J connectivity index is 2.26. The number of hydrogen-bond donors (Lipinski definition) is 1. The van der Waals surface area contributed by atoms with E-state index in [1.807, 2.05) is 7.05 Å². The molecule has 0 amide bonds. The van der Waals surface area contributed by atoms with Crippen molar-refractivity contribution >= 4 is 0 Å². The second kappa shape index (κ2) is 5.65. The second-order valence-electron chi connectivity index (χ2n) is 4.42. The van der Waals surface area contributed by atoms with Crippen molar-refractivity contribution in [2.75, 3.05) is 13.6 Å². The Morgan fingerprint density at radius 1 is 0.941 bits per heavy atom. The molecule has 0 aliphatic heterocycles. The number of benzene rings is 2. The van der Waals surface area contributed by atoms with Crippen LogP contribution in [-0.4, -0.2) is 13.6 Å². The van der Waals surface area contributed by atoms with E-state index in [1.54, 1.807) is 0 Å². The summed E-state index contributed by atoms with van der Waals surface area (Å²) in [5.41, 5.74) is 5.31. The Bertz CT molecular complexity index is 488. The normalized spacial score (nSPS) is 10.5. The van der Waals surface area contributed by atoms with Gasteiger partial charge >= 0.3 is 0 Å². The molecule has 2 rings (SSSR count). The van der Waals surface area contributed by atoms with Crippen molar-refractivity contribution in [2.24, 2.45) is 0 Å². The standard InChI is InChI=1S/C16H19N/c1-13-5-3-7-15(11-13)16-8-4-6-14(12-16)9-10-17-2/h3-8,11-12,17H,9-10H2,1-2H3. The van der Waals surface area contributed by atoms with E-state index in [1.165, 1.54) is 22.3 Å². The van der Waals surface area contributed by atoms with E-state index in [0.29, 0.717) is 0 Å². The van der Waals surface area contributed by atoms with Gasteiger partial charge in [-0.2, -0.15) is 0 Å². The summed E-state index contributed by atoms with van der Waals surface area (Å²) in [5, 5.41) is 3.18. The minimum absolute atomic E-state index is 1.03. The zero-order chi connectivity index (χ0) is 12.1. The van der Waals surface area contributed by atoms with Crippen molar-refractivity contribution in [3.05, 3.63) is 59.7 Å². The quantitative estimate of drug-likeness (QED) is 0.840. The van der Waals surface area contributed by atoms with Gasteiger partial charge in [0.2, 0.25) is 0 Å². The van der Waals surface area contributed by atoms with Crippen LogP contribution < -0.4 is 5.32 Å². The Hall–Kier alpha value is -1.60. The lowest BCUT2D eigenvalue weighted by atomic mass is 10.0. The molecule has 0 spiro atoms. The maximum atomic E-state index is 3.18. The Labute approximate surface area is 103 Å². The lowest BCUT2D eigenvalue weighted by Crippen LogP contribution is -2.10. The molecule has 0 aliphatic rings. The predicted molar refractivity (Wildman–Crippen MR) is 74.2 cm³/mol. The lowest BCUT2D eigenvalue weighted by molar-refractivity contribution is 0.792. The summed E-state index contributed by atoms with van der Waals surface area (Å²) in [6, 6.07) is 17.4. The fourth-order valence-corrected chi connectivity index (χ4v) is 2.00. The van der Waals surface area contributed by atoms with Gasteiger partial charge in [-0.05, 0) is 43.6 Å². The Morgan fingerprint density at radius 2 is 1.65 bits per heavy atom. The monoisotopic (exact) mass is 225 g/mol. The van der Waals surface area contributed by atoms with Gasteiger partial charge in [-0.3, -0.25) is 0 Å². The van der Waals surface area contributed by atoms with Crippen LogP contribution in [0.5, 0.6) is 0 Å². The first-order valence-electron chi connectivity index (χ1n) is 6.10. The number of hydrogen-bond acceptors (Lipinski definition) is 1. The van der Waals surface area contributed by atoms with Crippen LogP contribution in [-0.2, 0) is 6.42 Å². The third-order valence-electron chi connectivity index (χ3n) is 2.94. The Morgan fingerprint density at radius 3 is 2.35 bits per heavy atom. The molecule has 0 aliphatic carbocycles. The first-order chi connectivity index (χ1) is 8.29. The highest BCUT2D eigenvalue weighted by molar-refractivity contribution is 5.64. The summed E-state index contributed by atoms with van der Waals surface area (Å²) < 4.78 is 0. The van der Waals surface area contributed by atoms with E-state index < -0.39 is 0 Å². The van der Waals surface area contributed by atoms with E-state index in [2.05, 4.69) is 60.8 Å². The maximum Gasteiger partial charge on any atom is -0.00114 e. The van der Waals surface area contributed by atoms with Crippen LogP contribution in [0.25, 0.3) is 11.1 Å². The summed E-state index contributed by atoms with van der Waals surface area (Å²) in [7, 11) is 1.99. The molecule has 0 saturated heterocycles. The molecule has 2 aromatic rings. The molecule has 0 heterocycles. The lowest BCUT2D eigenvalue weighted by Gasteiger charge is -2.06. The summed E-state index contributed by atoms with van der Waals surface area (Å²) in [5.74, 6) is 0. The fraction of sp³-hybridized carbons (Fsp3) is 0.250. The molecule has 1 N–H and O–H groups in total. The summed E-state index contributed by atoms with van der Waals surface area (Å²) >= 11 is 0. The van der Waals surface area contributed by atoms with Gasteiger partial charge in [0.05, 0.1) is 0 Å². The third kappa shape index (κ3) is 3.18. The van der Waals surface area contributed by atoms with Gasteiger partial charge in [0, 0.05) is 0 Å². The van der Waals surface area contributed by atoms with E-state index in [0.717, 1.165) is 13.0 Å². The second-order valence-corrected chi connectivity index (χ2v) is 4.42. The van der Waals surface area contributed by atoms with Gasteiger partial charge in [-0.25, -0.2) is 0 Å². The van der Waals surface area contributed by atoms with E-state index >= 15 is 0 Å². The fourth-order valence-electron chi connectivity index (χ4n) is 2.00. The van der Waals surface area contributed by atoms with Crippen molar-refractivity contribution in [3.63, 3.8) is 0 Å². The molecule has 0 saturated carbocycles. The number of rotatable bonds is 4. The van der Waals surface area contributed by atoms with Gasteiger partial charge < -0.3 is 5.32 Å². The molecule has 0 unspecified atom stereocenters. The van der Waals surface area contributed by atoms with Crippen molar-refractivity contribution in [3.8, 4) is 11.1 Å². The SMILES string of the molecule is CNCCc1cccc(-c2cccc(C)c2)c1. The molecule has 0 atom stereocenters. The van der Waals surface area contributed by atoms with Gasteiger partial charge in [0.15, 0.2) is 0 Å². The van der Waals surface area contributed by atoms with E-state index in [-0.39, 0.29) is 0 Å². The van der Waals surface area contributed by atoms with Crippen molar-refractivity contribution < 1.29 is 0 Å². The molecule has 1 heteroatoms. The molecular weight excluding hydrogens is 206 g/mol. The van der Waals surface area contributed by atoms with Crippen molar-refractivity contribution in [1.29, 1.82) is 0 Å². The molecule has 0 bridgehead atoms. The molecule has 0 aromatic heterocycles. The summed E-state index contributed by atoms with van der Waals surface area (Å²) in [6.07, 6.45) is 1.08. The molecule has 2 aromatic carbocycles. The molecule has 88 valence electrons. The number of aryl methyl sites for hydroxylation is 1. The van der Waals surface area contributed by atoms with Gasteiger partial charge in [-0.1, -0.05) is 54.1 Å². The summed E-state index contributed by atoms with van der Waals surface area (Å²) in [4.78, 5) is 0. The predicted octanol–water partition coefficient (Wildman–Crippen LogP) is 3.42. The van der Waals surface area contributed by atoms with Crippen LogP contribution in [0.1, 0.15) is 11.1 Å². The minimum Gasteiger partial charge on any atom is -0.319 e. The average Bonchev–Trinajstić information content (AvgIpc) is 2.37. The van der Waals surface area contributed by atoms with Crippen molar-refractivity contribution in [1.82, 2.24) is 5.32 Å². The van der Waals surface area contributed by atoms with Crippen molar-refractivity contribution in [2.45, 2.75) is 13.3 Å². The first-order valence-corrected chi connectivity index (χ1v) is 6.10. The third-order valence-corrected chi connectivity index (χ3v) is 2.94. The Kier molecular flexibility index (Phi) is 3.94. The van der Waals surface area contributed by atoms with E-state index in [9.17, 15) is 0 Å². The van der Waals surface area contributed by atoms with Crippen LogP contribution in [0.4, 0.5) is 0 Å². The largest absolute Gasteiger partial charge is 0.319 e. The minimum atomic E-state index is 1.03. The highest BCUT2D eigenvalue weighted by Crippen LogP contribution is 2.21. The van der Waals surface area contributed by atoms with Crippen LogP contribution in [0.15, 0.2) is 48.5 Å². The smallest absolute Gasteiger partial charge is 0.00114 e. The molecule has 0 radical (unpaired) electrons. The zero-order valence-electron chi connectivity index (χ0n) is 10.5.